The summed E-state index contributed by atoms with van der Waals surface area (Å²) in [5, 5.41) is 1.23. The maximum atomic E-state index is 5.77. The van der Waals surface area contributed by atoms with E-state index < -0.39 is 0 Å². The van der Waals surface area contributed by atoms with E-state index in [-0.39, 0.29) is 0 Å². The van der Waals surface area contributed by atoms with Crippen LogP contribution in [0.3, 0.4) is 0 Å². The first-order valence-corrected chi connectivity index (χ1v) is 9.29. The minimum absolute atomic E-state index is 0.694. The van der Waals surface area contributed by atoms with Gasteiger partial charge in [0.2, 0.25) is 5.95 Å². The first-order valence-electron chi connectivity index (χ1n) is 9.29. The van der Waals surface area contributed by atoms with Gasteiger partial charge in [0.1, 0.15) is 11.5 Å². The molecule has 5 rings (SSSR count). The normalized spacial score (nSPS) is 21.0. The van der Waals surface area contributed by atoms with Gasteiger partial charge in [0.25, 0.3) is 0 Å². The second kappa shape index (κ2) is 5.62. The van der Waals surface area contributed by atoms with Gasteiger partial charge >= 0.3 is 0 Å². The Hall–Kier alpha value is -1.82. The summed E-state index contributed by atoms with van der Waals surface area (Å²) in [5.41, 5.74) is 3.78. The van der Waals surface area contributed by atoms with Gasteiger partial charge < -0.3 is 19.1 Å². The Morgan fingerprint density at radius 2 is 1.62 bits per heavy atom. The van der Waals surface area contributed by atoms with Crippen LogP contribution in [0.5, 0.6) is 0 Å². The minimum atomic E-state index is 0.694. The third-order valence-electron chi connectivity index (χ3n) is 5.76. The highest BCUT2D eigenvalue weighted by Crippen LogP contribution is 2.37. The molecule has 2 aromatic rings. The molecular weight excluding hydrogens is 302 g/mol. The van der Waals surface area contributed by atoms with Gasteiger partial charge in [-0.1, -0.05) is 0 Å². The zero-order chi connectivity index (χ0) is 16.1. The number of aromatic nitrogens is 3. The molecular formula is C18H25N5O. The highest BCUT2D eigenvalue weighted by molar-refractivity contribution is 5.94. The molecule has 0 unspecified atom stereocenters. The van der Waals surface area contributed by atoms with Gasteiger partial charge in [-0.2, -0.15) is 9.97 Å². The number of hydrogen-bond donors (Lipinski definition) is 0. The van der Waals surface area contributed by atoms with E-state index in [9.17, 15) is 0 Å². The van der Waals surface area contributed by atoms with E-state index in [1.165, 1.54) is 42.3 Å². The van der Waals surface area contributed by atoms with Crippen LogP contribution in [0.25, 0.3) is 11.0 Å². The molecule has 0 saturated carbocycles. The molecule has 3 aliphatic rings. The molecule has 2 aromatic heterocycles. The van der Waals surface area contributed by atoms with Gasteiger partial charge in [-0.25, -0.2) is 0 Å². The fourth-order valence-corrected chi connectivity index (χ4v) is 4.45. The summed E-state index contributed by atoms with van der Waals surface area (Å²) < 4.78 is 8.05. The standard InChI is InChI=1S/C18H25N5O/c1-21-14-6-11-24-12-13(14)15-16(21)19-18(23-9-4-5-10-23)20-17(15)22-7-2-3-8-22/h2-12H2,1H3. The van der Waals surface area contributed by atoms with Gasteiger partial charge in [0, 0.05) is 50.9 Å². The van der Waals surface area contributed by atoms with Gasteiger partial charge in [0.05, 0.1) is 18.6 Å². The van der Waals surface area contributed by atoms with Crippen molar-refractivity contribution in [1.29, 1.82) is 0 Å². The van der Waals surface area contributed by atoms with Crippen molar-refractivity contribution in [2.75, 3.05) is 42.6 Å². The monoisotopic (exact) mass is 327 g/mol. The molecule has 5 heterocycles. The number of hydrogen-bond acceptors (Lipinski definition) is 5. The topological polar surface area (TPSA) is 46.4 Å². The van der Waals surface area contributed by atoms with Crippen molar-refractivity contribution in [3.63, 3.8) is 0 Å². The SMILES string of the molecule is Cn1c2c(c3c(N4CCCC4)nc(N4CCCC4)nc31)COCC2. The molecule has 2 saturated heterocycles. The second-order valence-corrected chi connectivity index (χ2v) is 7.22. The van der Waals surface area contributed by atoms with Crippen LogP contribution in [0.1, 0.15) is 36.9 Å². The van der Waals surface area contributed by atoms with Gasteiger partial charge in [-0.3, -0.25) is 0 Å². The van der Waals surface area contributed by atoms with E-state index in [1.54, 1.807) is 0 Å². The van der Waals surface area contributed by atoms with E-state index in [0.717, 1.165) is 56.6 Å². The second-order valence-electron chi connectivity index (χ2n) is 7.22. The van der Waals surface area contributed by atoms with Crippen LogP contribution in [0.4, 0.5) is 11.8 Å². The van der Waals surface area contributed by atoms with Crippen molar-refractivity contribution in [2.24, 2.45) is 7.05 Å². The summed E-state index contributed by atoms with van der Waals surface area (Å²) in [4.78, 5) is 14.9. The fraction of sp³-hybridized carbons (Fsp3) is 0.667. The molecule has 0 atom stereocenters. The third kappa shape index (κ3) is 2.12. The Labute approximate surface area is 142 Å². The Bertz CT molecular complexity index is 772. The Kier molecular flexibility index (Phi) is 3.40. The first kappa shape index (κ1) is 14.5. The van der Waals surface area contributed by atoms with Gasteiger partial charge in [-0.05, 0) is 25.7 Å². The predicted molar refractivity (Wildman–Crippen MR) is 94.8 cm³/mol. The predicted octanol–water partition coefficient (Wildman–Crippen LogP) is 2.24. The molecule has 24 heavy (non-hydrogen) atoms. The molecule has 3 aliphatic heterocycles. The molecule has 0 N–H and O–H groups in total. The fourth-order valence-electron chi connectivity index (χ4n) is 4.45. The molecule has 0 aromatic carbocycles. The van der Waals surface area contributed by atoms with Crippen molar-refractivity contribution in [1.82, 2.24) is 14.5 Å². The summed E-state index contributed by atoms with van der Waals surface area (Å²) >= 11 is 0. The number of ether oxygens (including phenoxy) is 1. The lowest BCUT2D eigenvalue weighted by atomic mass is 10.1. The highest BCUT2D eigenvalue weighted by Gasteiger charge is 2.28. The van der Waals surface area contributed by atoms with E-state index in [2.05, 4.69) is 21.4 Å². The quantitative estimate of drug-likeness (QED) is 0.846. The maximum Gasteiger partial charge on any atom is 0.229 e. The number of aryl methyl sites for hydroxylation is 1. The zero-order valence-electron chi connectivity index (χ0n) is 14.4. The van der Waals surface area contributed by atoms with Gasteiger partial charge in [0.15, 0.2) is 0 Å². The molecule has 0 bridgehead atoms. The van der Waals surface area contributed by atoms with Crippen LogP contribution in [-0.2, 0) is 24.8 Å². The lowest BCUT2D eigenvalue weighted by Gasteiger charge is -2.22. The van der Waals surface area contributed by atoms with Gasteiger partial charge in [-0.15, -0.1) is 0 Å². The van der Waals surface area contributed by atoms with E-state index in [4.69, 9.17) is 14.7 Å². The van der Waals surface area contributed by atoms with Crippen molar-refractivity contribution in [3.05, 3.63) is 11.3 Å². The summed E-state index contributed by atoms with van der Waals surface area (Å²) in [7, 11) is 2.15. The van der Waals surface area contributed by atoms with E-state index in [1.807, 2.05) is 0 Å². The molecule has 6 nitrogen and oxygen atoms in total. The average Bonchev–Trinajstić information content (AvgIpc) is 3.36. The lowest BCUT2D eigenvalue weighted by Crippen LogP contribution is -2.24. The molecule has 0 spiro atoms. The smallest absolute Gasteiger partial charge is 0.229 e. The van der Waals surface area contributed by atoms with Crippen LogP contribution < -0.4 is 9.80 Å². The number of nitrogens with zero attached hydrogens (tertiary/aromatic N) is 5. The molecule has 6 heteroatoms. The van der Waals surface area contributed by atoms with Crippen molar-refractivity contribution < 1.29 is 4.74 Å². The molecule has 128 valence electrons. The highest BCUT2D eigenvalue weighted by atomic mass is 16.5. The Balaban J connectivity index is 1.74. The Morgan fingerprint density at radius 3 is 2.38 bits per heavy atom. The van der Waals surface area contributed by atoms with Crippen molar-refractivity contribution >= 4 is 22.8 Å². The molecule has 0 aliphatic carbocycles. The summed E-state index contributed by atoms with van der Waals surface area (Å²) in [6.07, 6.45) is 5.99. The zero-order valence-corrected chi connectivity index (χ0v) is 14.4. The third-order valence-corrected chi connectivity index (χ3v) is 5.76. The van der Waals surface area contributed by atoms with Crippen molar-refractivity contribution in [2.45, 2.75) is 38.7 Å². The van der Waals surface area contributed by atoms with Crippen molar-refractivity contribution in [3.8, 4) is 0 Å². The molecule has 2 fully saturated rings. The van der Waals surface area contributed by atoms with E-state index >= 15 is 0 Å². The van der Waals surface area contributed by atoms with Crippen LogP contribution >= 0.6 is 0 Å². The van der Waals surface area contributed by atoms with Crippen LogP contribution in [-0.4, -0.2) is 47.3 Å². The van der Waals surface area contributed by atoms with Crippen LogP contribution in [0.15, 0.2) is 0 Å². The van der Waals surface area contributed by atoms with Crippen LogP contribution in [0, 0.1) is 0 Å². The Morgan fingerprint density at radius 1 is 0.917 bits per heavy atom. The van der Waals surface area contributed by atoms with Crippen LogP contribution in [0.2, 0.25) is 0 Å². The van der Waals surface area contributed by atoms with E-state index in [0.29, 0.717) is 6.61 Å². The summed E-state index contributed by atoms with van der Waals surface area (Å²) in [6, 6.07) is 0. The summed E-state index contributed by atoms with van der Waals surface area (Å²) in [6.45, 7) is 5.88. The average molecular weight is 327 g/mol. The number of anilines is 2. The molecule has 0 radical (unpaired) electrons. The lowest BCUT2D eigenvalue weighted by molar-refractivity contribution is 0.110. The minimum Gasteiger partial charge on any atom is -0.376 e. The maximum absolute atomic E-state index is 5.77. The summed E-state index contributed by atoms with van der Waals surface area (Å²) in [5.74, 6) is 2.06. The number of fused-ring (bicyclic) bond motifs is 3. The number of rotatable bonds is 2. The molecule has 0 amide bonds. The first-order chi connectivity index (χ1) is 11.8. The largest absolute Gasteiger partial charge is 0.376 e.